The van der Waals surface area contributed by atoms with Crippen molar-refractivity contribution in [1.82, 2.24) is 10.2 Å². The van der Waals surface area contributed by atoms with Gasteiger partial charge < -0.3 is 16.0 Å². The van der Waals surface area contributed by atoms with Gasteiger partial charge in [-0.05, 0) is 30.8 Å². The Balaban J connectivity index is 1.77. The molecule has 0 aromatic rings. The van der Waals surface area contributed by atoms with Crippen molar-refractivity contribution in [3.8, 4) is 0 Å². The summed E-state index contributed by atoms with van der Waals surface area (Å²) in [5.74, 6) is 1.53. The van der Waals surface area contributed by atoms with Crippen LogP contribution in [0.1, 0.15) is 26.2 Å². The van der Waals surface area contributed by atoms with Gasteiger partial charge >= 0.3 is 0 Å². The maximum Gasteiger partial charge on any atom is 0.237 e. The second-order valence-corrected chi connectivity index (χ2v) is 6.61. The fourth-order valence-electron chi connectivity index (χ4n) is 2.57. The molecule has 2 fully saturated rings. The van der Waals surface area contributed by atoms with E-state index < -0.39 is 6.04 Å². The third kappa shape index (κ3) is 3.63. The second kappa shape index (κ2) is 6.13. The third-order valence-electron chi connectivity index (χ3n) is 3.94. The molecule has 0 aromatic heterocycles. The van der Waals surface area contributed by atoms with Gasteiger partial charge in [-0.3, -0.25) is 9.59 Å². The van der Waals surface area contributed by atoms with Gasteiger partial charge in [0.25, 0.3) is 0 Å². The molecule has 1 saturated heterocycles. The first-order valence-electron chi connectivity index (χ1n) is 6.87. The van der Waals surface area contributed by atoms with Crippen LogP contribution in [0, 0.1) is 5.92 Å². The highest BCUT2D eigenvalue weighted by Crippen LogP contribution is 2.37. The van der Waals surface area contributed by atoms with E-state index in [2.05, 4.69) is 12.2 Å². The van der Waals surface area contributed by atoms with Crippen LogP contribution in [0.2, 0.25) is 0 Å². The number of likely N-dealkylation sites (tertiary alicyclic amines) is 1. The summed E-state index contributed by atoms with van der Waals surface area (Å²) in [6, 6.07) is -0.121. The van der Waals surface area contributed by atoms with Gasteiger partial charge in [-0.1, -0.05) is 6.92 Å². The first kappa shape index (κ1) is 14.7. The number of carbonyl (C=O) groups is 2. The summed E-state index contributed by atoms with van der Waals surface area (Å²) in [4.78, 5) is 25.7. The Morgan fingerprint density at radius 2 is 2.32 bits per heavy atom. The minimum atomic E-state index is -0.462. The minimum Gasteiger partial charge on any atom is -0.350 e. The zero-order valence-corrected chi connectivity index (χ0v) is 12.4. The van der Waals surface area contributed by atoms with Crippen molar-refractivity contribution < 1.29 is 9.59 Å². The summed E-state index contributed by atoms with van der Waals surface area (Å²) in [6.07, 6.45) is 4.19. The smallest absolute Gasteiger partial charge is 0.237 e. The van der Waals surface area contributed by atoms with Crippen molar-refractivity contribution in [2.75, 3.05) is 18.6 Å². The molecule has 0 unspecified atom stereocenters. The van der Waals surface area contributed by atoms with E-state index in [1.165, 1.54) is 0 Å². The first-order valence-corrected chi connectivity index (χ1v) is 8.26. The SMILES string of the molecule is CSCC[C@H](N)C(=O)N[C@@H]1CC(=O)N([C@H]2C[C@@H]2C)C1. The van der Waals surface area contributed by atoms with Crippen LogP contribution in [0.3, 0.4) is 0 Å². The molecular weight excluding hydrogens is 262 g/mol. The predicted molar refractivity (Wildman–Crippen MR) is 76.8 cm³/mol. The fraction of sp³-hybridized carbons (Fsp3) is 0.846. The molecule has 4 atom stereocenters. The predicted octanol–water partition coefficient (Wildman–Crippen LogP) is 0.192. The fourth-order valence-corrected chi connectivity index (χ4v) is 3.06. The van der Waals surface area contributed by atoms with Crippen molar-refractivity contribution in [2.45, 2.75) is 44.3 Å². The highest BCUT2D eigenvalue weighted by Gasteiger charge is 2.44. The highest BCUT2D eigenvalue weighted by molar-refractivity contribution is 7.98. The number of hydrogen-bond donors (Lipinski definition) is 2. The number of nitrogens with one attached hydrogen (secondary N) is 1. The summed E-state index contributed by atoms with van der Waals surface area (Å²) in [5, 5.41) is 2.91. The van der Waals surface area contributed by atoms with Crippen molar-refractivity contribution in [2.24, 2.45) is 11.7 Å². The molecule has 108 valence electrons. The molecule has 1 heterocycles. The summed E-state index contributed by atoms with van der Waals surface area (Å²) in [5.41, 5.74) is 5.82. The van der Waals surface area contributed by atoms with Gasteiger partial charge in [-0.2, -0.15) is 11.8 Å². The van der Waals surface area contributed by atoms with Gasteiger partial charge in [0.15, 0.2) is 0 Å². The van der Waals surface area contributed by atoms with E-state index in [1.807, 2.05) is 11.2 Å². The summed E-state index contributed by atoms with van der Waals surface area (Å²) >= 11 is 1.68. The molecular formula is C13H23N3O2S. The van der Waals surface area contributed by atoms with Crippen LogP contribution in [-0.2, 0) is 9.59 Å². The highest BCUT2D eigenvalue weighted by atomic mass is 32.2. The van der Waals surface area contributed by atoms with E-state index in [0.717, 1.165) is 12.2 Å². The Morgan fingerprint density at radius 1 is 1.63 bits per heavy atom. The Kier molecular flexibility index (Phi) is 4.73. The van der Waals surface area contributed by atoms with Crippen LogP contribution in [0.25, 0.3) is 0 Å². The number of nitrogens with two attached hydrogens (primary N) is 1. The van der Waals surface area contributed by atoms with Crippen LogP contribution in [0.5, 0.6) is 0 Å². The molecule has 5 nitrogen and oxygen atoms in total. The molecule has 19 heavy (non-hydrogen) atoms. The first-order chi connectivity index (χ1) is 9.02. The number of rotatable bonds is 6. The number of thioether (sulfide) groups is 1. The van der Waals surface area contributed by atoms with Crippen LogP contribution in [0.4, 0.5) is 0 Å². The van der Waals surface area contributed by atoms with Gasteiger partial charge in [-0.25, -0.2) is 0 Å². The number of carbonyl (C=O) groups excluding carboxylic acids is 2. The van der Waals surface area contributed by atoms with Gasteiger partial charge in [0.2, 0.25) is 11.8 Å². The van der Waals surface area contributed by atoms with E-state index in [1.54, 1.807) is 11.8 Å². The normalized spacial score (nSPS) is 31.4. The molecule has 0 aromatic carbocycles. The van der Waals surface area contributed by atoms with E-state index in [4.69, 9.17) is 5.73 Å². The van der Waals surface area contributed by atoms with Gasteiger partial charge in [0, 0.05) is 19.0 Å². The number of hydrogen-bond acceptors (Lipinski definition) is 4. The van der Waals surface area contributed by atoms with Crippen LogP contribution in [0.15, 0.2) is 0 Å². The Morgan fingerprint density at radius 3 is 2.89 bits per heavy atom. The Bertz CT molecular complexity index is 364. The zero-order chi connectivity index (χ0) is 14.0. The van der Waals surface area contributed by atoms with E-state index in [0.29, 0.717) is 31.3 Å². The van der Waals surface area contributed by atoms with Crippen molar-refractivity contribution in [3.63, 3.8) is 0 Å². The Hall–Kier alpha value is -0.750. The number of nitrogens with zero attached hydrogens (tertiary/aromatic N) is 1. The average Bonchev–Trinajstić information content (AvgIpc) is 2.97. The molecule has 0 radical (unpaired) electrons. The topological polar surface area (TPSA) is 75.4 Å². The molecule has 2 amide bonds. The minimum absolute atomic E-state index is 0.0619. The molecule has 1 aliphatic carbocycles. The maximum atomic E-state index is 11.9. The molecule has 6 heteroatoms. The maximum absolute atomic E-state index is 11.9. The van der Waals surface area contributed by atoms with Gasteiger partial charge in [0.05, 0.1) is 12.1 Å². The third-order valence-corrected chi connectivity index (χ3v) is 4.59. The molecule has 0 spiro atoms. The lowest BCUT2D eigenvalue weighted by molar-refractivity contribution is -0.128. The summed E-state index contributed by atoms with van der Waals surface area (Å²) in [7, 11) is 0. The number of amides is 2. The van der Waals surface area contributed by atoms with Crippen LogP contribution in [-0.4, -0.2) is 53.4 Å². The molecule has 2 rings (SSSR count). The molecule has 2 aliphatic rings. The second-order valence-electron chi connectivity index (χ2n) is 5.62. The molecule has 1 aliphatic heterocycles. The van der Waals surface area contributed by atoms with Crippen LogP contribution >= 0.6 is 11.8 Å². The monoisotopic (exact) mass is 285 g/mol. The van der Waals surface area contributed by atoms with Crippen molar-refractivity contribution in [1.29, 1.82) is 0 Å². The van der Waals surface area contributed by atoms with Crippen LogP contribution < -0.4 is 11.1 Å². The van der Waals surface area contributed by atoms with Gasteiger partial charge in [0.1, 0.15) is 0 Å². The lowest BCUT2D eigenvalue weighted by Gasteiger charge is -2.18. The lowest BCUT2D eigenvalue weighted by atomic mass is 10.2. The molecule has 3 N–H and O–H groups in total. The zero-order valence-electron chi connectivity index (χ0n) is 11.6. The molecule has 0 bridgehead atoms. The van der Waals surface area contributed by atoms with Gasteiger partial charge in [-0.15, -0.1) is 0 Å². The average molecular weight is 285 g/mol. The summed E-state index contributed by atoms with van der Waals surface area (Å²) in [6.45, 7) is 2.80. The van der Waals surface area contributed by atoms with Crippen molar-refractivity contribution in [3.05, 3.63) is 0 Å². The van der Waals surface area contributed by atoms with E-state index in [9.17, 15) is 9.59 Å². The van der Waals surface area contributed by atoms with E-state index in [-0.39, 0.29) is 17.9 Å². The van der Waals surface area contributed by atoms with E-state index >= 15 is 0 Å². The Labute approximate surface area is 118 Å². The summed E-state index contributed by atoms with van der Waals surface area (Å²) < 4.78 is 0. The van der Waals surface area contributed by atoms with Crippen molar-refractivity contribution >= 4 is 23.6 Å². The molecule has 1 saturated carbocycles. The quantitative estimate of drug-likeness (QED) is 0.730. The lowest BCUT2D eigenvalue weighted by Crippen LogP contribution is -2.46. The standard InChI is InChI=1S/C13H23N3O2S/c1-8-5-11(8)16-7-9(6-12(16)17)15-13(18)10(14)3-4-19-2/h8-11H,3-7,14H2,1-2H3,(H,15,18)/t8-,9+,10-,11-/m0/s1. The largest absolute Gasteiger partial charge is 0.350 e.